The average Bonchev–Trinajstić information content (AvgIpc) is 2.69. The Labute approximate surface area is 89.4 Å². The van der Waals surface area contributed by atoms with Crippen molar-refractivity contribution in [2.75, 3.05) is 0 Å². The summed E-state index contributed by atoms with van der Waals surface area (Å²) in [6, 6.07) is 8.56. The molecule has 1 atom stereocenters. The van der Waals surface area contributed by atoms with Crippen molar-refractivity contribution in [1.82, 2.24) is 9.97 Å². The zero-order valence-electron chi connectivity index (χ0n) is 8.77. The molecular weight excluding hydrogens is 186 g/mol. The molecule has 1 unspecified atom stereocenters. The molecule has 0 aliphatic rings. The van der Waals surface area contributed by atoms with Crippen LogP contribution in [0.4, 0.5) is 0 Å². The molecule has 0 radical (unpaired) electrons. The molecule has 0 aliphatic heterocycles. The summed E-state index contributed by atoms with van der Waals surface area (Å²) in [5.41, 5.74) is 9.24. The van der Waals surface area contributed by atoms with Crippen molar-refractivity contribution < 1.29 is 0 Å². The van der Waals surface area contributed by atoms with Gasteiger partial charge in [-0.05, 0) is 30.5 Å². The third-order valence-electron chi connectivity index (χ3n) is 2.29. The van der Waals surface area contributed by atoms with Crippen LogP contribution in [-0.2, 0) is 6.42 Å². The van der Waals surface area contributed by atoms with E-state index in [0.29, 0.717) is 0 Å². The van der Waals surface area contributed by atoms with Gasteiger partial charge in [0.2, 0.25) is 0 Å². The smallest absolute Gasteiger partial charge is 0.0924 e. The molecule has 15 heavy (non-hydrogen) atoms. The lowest BCUT2D eigenvalue weighted by Crippen LogP contribution is -2.17. The highest BCUT2D eigenvalue weighted by Gasteiger charge is 2.01. The van der Waals surface area contributed by atoms with Gasteiger partial charge in [-0.1, -0.05) is 18.2 Å². The molecule has 1 aromatic heterocycles. The Morgan fingerprint density at radius 1 is 1.47 bits per heavy atom. The molecule has 1 heterocycles. The molecule has 0 aliphatic carbocycles. The molecular formula is C12H15N3. The van der Waals surface area contributed by atoms with Crippen LogP contribution in [0.1, 0.15) is 12.5 Å². The van der Waals surface area contributed by atoms with Crippen LogP contribution < -0.4 is 5.73 Å². The first-order chi connectivity index (χ1) is 7.25. The van der Waals surface area contributed by atoms with E-state index in [-0.39, 0.29) is 6.04 Å². The number of aromatic nitrogens is 2. The van der Waals surface area contributed by atoms with Crippen LogP contribution in [0, 0.1) is 0 Å². The lowest BCUT2D eigenvalue weighted by Gasteiger charge is -2.06. The topological polar surface area (TPSA) is 54.7 Å². The van der Waals surface area contributed by atoms with E-state index in [1.807, 2.05) is 19.2 Å². The summed E-state index contributed by atoms with van der Waals surface area (Å²) in [7, 11) is 0. The second-order valence-corrected chi connectivity index (χ2v) is 3.85. The van der Waals surface area contributed by atoms with E-state index in [1.165, 1.54) is 5.56 Å². The summed E-state index contributed by atoms with van der Waals surface area (Å²) in [4.78, 5) is 7.10. The fourth-order valence-electron chi connectivity index (χ4n) is 1.65. The van der Waals surface area contributed by atoms with Crippen molar-refractivity contribution in [3.63, 3.8) is 0 Å². The Morgan fingerprint density at radius 2 is 2.33 bits per heavy atom. The highest BCUT2D eigenvalue weighted by molar-refractivity contribution is 5.58. The average molecular weight is 201 g/mol. The number of hydrogen-bond donors (Lipinski definition) is 2. The Kier molecular flexibility index (Phi) is 2.83. The standard InChI is InChI=1S/C12H15N3/c1-9(13)5-10-3-2-4-11(6-10)12-7-14-8-15-12/h2-4,6-9H,5,13H2,1H3,(H,14,15). The highest BCUT2D eigenvalue weighted by atomic mass is 14.9. The molecule has 3 N–H and O–H groups in total. The number of aromatic amines is 1. The monoisotopic (exact) mass is 201 g/mol. The first-order valence-electron chi connectivity index (χ1n) is 5.09. The van der Waals surface area contributed by atoms with Gasteiger partial charge in [0.05, 0.1) is 18.2 Å². The molecule has 0 fully saturated rings. The molecule has 3 heteroatoms. The van der Waals surface area contributed by atoms with E-state index >= 15 is 0 Å². The van der Waals surface area contributed by atoms with Crippen molar-refractivity contribution >= 4 is 0 Å². The van der Waals surface area contributed by atoms with Gasteiger partial charge in [0.15, 0.2) is 0 Å². The van der Waals surface area contributed by atoms with Gasteiger partial charge in [-0.3, -0.25) is 0 Å². The third kappa shape index (κ3) is 2.44. The van der Waals surface area contributed by atoms with Crippen LogP contribution in [0.25, 0.3) is 11.3 Å². The third-order valence-corrected chi connectivity index (χ3v) is 2.29. The molecule has 0 amide bonds. The van der Waals surface area contributed by atoms with E-state index in [9.17, 15) is 0 Å². The first kappa shape index (κ1) is 9.93. The van der Waals surface area contributed by atoms with Gasteiger partial charge in [0.1, 0.15) is 0 Å². The van der Waals surface area contributed by atoms with Crippen LogP contribution in [0.5, 0.6) is 0 Å². The van der Waals surface area contributed by atoms with Crippen molar-refractivity contribution in [2.24, 2.45) is 5.73 Å². The van der Waals surface area contributed by atoms with Crippen LogP contribution in [-0.4, -0.2) is 16.0 Å². The van der Waals surface area contributed by atoms with Gasteiger partial charge >= 0.3 is 0 Å². The predicted molar refractivity (Wildman–Crippen MR) is 61.4 cm³/mol. The van der Waals surface area contributed by atoms with Gasteiger partial charge in [-0.2, -0.15) is 0 Å². The fourth-order valence-corrected chi connectivity index (χ4v) is 1.65. The van der Waals surface area contributed by atoms with Crippen molar-refractivity contribution in [3.8, 4) is 11.3 Å². The van der Waals surface area contributed by atoms with Gasteiger partial charge in [-0.15, -0.1) is 0 Å². The van der Waals surface area contributed by atoms with Gasteiger partial charge in [-0.25, -0.2) is 4.98 Å². The van der Waals surface area contributed by atoms with Crippen LogP contribution in [0.2, 0.25) is 0 Å². The summed E-state index contributed by atoms with van der Waals surface area (Å²) in [5.74, 6) is 0. The number of hydrogen-bond acceptors (Lipinski definition) is 2. The summed E-state index contributed by atoms with van der Waals surface area (Å²) < 4.78 is 0. The summed E-state index contributed by atoms with van der Waals surface area (Å²) >= 11 is 0. The Balaban J connectivity index is 2.27. The van der Waals surface area contributed by atoms with Crippen LogP contribution in [0.15, 0.2) is 36.8 Å². The maximum atomic E-state index is 5.77. The maximum Gasteiger partial charge on any atom is 0.0924 e. The molecule has 1 aromatic carbocycles. The van der Waals surface area contributed by atoms with E-state index in [2.05, 4.69) is 28.2 Å². The summed E-state index contributed by atoms with van der Waals surface area (Å²) in [6.45, 7) is 2.02. The molecule has 0 spiro atoms. The second kappa shape index (κ2) is 4.28. The Morgan fingerprint density at radius 3 is 3.00 bits per heavy atom. The molecule has 0 saturated carbocycles. The largest absolute Gasteiger partial charge is 0.345 e. The molecule has 78 valence electrons. The minimum Gasteiger partial charge on any atom is -0.345 e. The normalized spacial score (nSPS) is 12.7. The van der Waals surface area contributed by atoms with Gasteiger partial charge < -0.3 is 10.7 Å². The minimum absolute atomic E-state index is 0.196. The van der Waals surface area contributed by atoms with Gasteiger partial charge in [0, 0.05) is 6.04 Å². The van der Waals surface area contributed by atoms with Crippen molar-refractivity contribution in [1.29, 1.82) is 0 Å². The highest BCUT2D eigenvalue weighted by Crippen LogP contribution is 2.17. The van der Waals surface area contributed by atoms with E-state index in [0.717, 1.165) is 17.7 Å². The van der Waals surface area contributed by atoms with Gasteiger partial charge in [0.25, 0.3) is 0 Å². The lowest BCUT2D eigenvalue weighted by molar-refractivity contribution is 0.738. The van der Waals surface area contributed by atoms with E-state index in [4.69, 9.17) is 5.73 Å². The zero-order valence-corrected chi connectivity index (χ0v) is 8.77. The number of nitrogens with two attached hydrogens (primary N) is 1. The number of H-pyrrole nitrogens is 1. The molecule has 3 nitrogen and oxygen atoms in total. The predicted octanol–water partition coefficient (Wildman–Crippen LogP) is 1.97. The molecule has 0 bridgehead atoms. The van der Waals surface area contributed by atoms with Crippen molar-refractivity contribution in [2.45, 2.75) is 19.4 Å². The number of nitrogens with zero attached hydrogens (tertiary/aromatic N) is 1. The second-order valence-electron chi connectivity index (χ2n) is 3.85. The SMILES string of the molecule is CC(N)Cc1cccc(-c2cnc[nH]2)c1. The van der Waals surface area contributed by atoms with Crippen LogP contribution >= 0.6 is 0 Å². The Hall–Kier alpha value is -1.61. The number of rotatable bonds is 3. The minimum atomic E-state index is 0.196. The van der Waals surface area contributed by atoms with E-state index in [1.54, 1.807) is 6.33 Å². The molecule has 2 aromatic rings. The number of imidazole rings is 1. The van der Waals surface area contributed by atoms with E-state index < -0.39 is 0 Å². The molecule has 0 saturated heterocycles. The molecule has 2 rings (SSSR count). The zero-order chi connectivity index (χ0) is 10.7. The fraction of sp³-hybridized carbons (Fsp3) is 0.250. The quantitative estimate of drug-likeness (QED) is 0.797. The van der Waals surface area contributed by atoms with Crippen LogP contribution in [0.3, 0.4) is 0 Å². The summed E-state index contributed by atoms with van der Waals surface area (Å²) in [6.07, 6.45) is 4.42. The maximum absolute atomic E-state index is 5.77. The van der Waals surface area contributed by atoms with Crippen molar-refractivity contribution in [3.05, 3.63) is 42.4 Å². The summed E-state index contributed by atoms with van der Waals surface area (Å²) in [5, 5.41) is 0. The number of nitrogens with one attached hydrogen (secondary N) is 1. The Bertz CT molecular complexity index is 418. The first-order valence-corrected chi connectivity index (χ1v) is 5.09. The lowest BCUT2D eigenvalue weighted by atomic mass is 10.0. The number of benzene rings is 1.